The van der Waals surface area contributed by atoms with Crippen LogP contribution in [0.25, 0.3) is 0 Å². The predicted molar refractivity (Wildman–Crippen MR) is 50.1 cm³/mol. The van der Waals surface area contributed by atoms with Gasteiger partial charge < -0.3 is 0 Å². The summed E-state index contributed by atoms with van der Waals surface area (Å²) in [4.78, 5) is 1.57. The number of thiophene rings is 1. The molecule has 1 unspecified atom stereocenters. The summed E-state index contributed by atoms with van der Waals surface area (Å²) in [6.07, 6.45) is 4.38. The summed E-state index contributed by atoms with van der Waals surface area (Å²) in [6, 6.07) is 4.42. The summed E-state index contributed by atoms with van der Waals surface area (Å²) in [7, 11) is 0. The molecule has 1 aromatic rings. The summed E-state index contributed by atoms with van der Waals surface area (Å²) < 4.78 is 0. The fraction of sp³-hybridized carbons (Fsp3) is 0.600. The lowest BCUT2D eigenvalue weighted by Gasteiger charge is -2.06. The first-order valence-corrected chi connectivity index (χ1v) is 5.27. The molecular weight excluding hydrogens is 152 g/mol. The van der Waals surface area contributed by atoms with Gasteiger partial charge in [-0.15, -0.1) is 11.3 Å². The standard InChI is InChI=1S/C10H14S/c1-8(7-9-4-5-9)10-3-2-6-11-10/h2-3,6,8-9H,4-5,7H2,1H3. The number of hydrogen-bond acceptors (Lipinski definition) is 1. The molecule has 11 heavy (non-hydrogen) atoms. The first-order chi connectivity index (χ1) is 5.36. The highest BCUT2D eigenvalue weighted by Crippen LogP contribution is 2.39. The van der Waals surface area contributed by atoms with Gasteiger partial charge in [-0.3, -0.25) is 0 Å². The molecular formula is C10H14S. The smallest absolute Gasteiger partial charge is 0.00735 e. The van der Waals surface area contributed by atoms with Gasteiger partial charge in [0, 0.05) is 4.88 Å². The molecule has 1 heteroatoms. The van der Waals surface area contributed by atoms with Crippen molar-refractivity contribution in [1.29, 1.82) is 0 Å². The normalized spacial score (nSPS) is 20.1. The van der Waals surface area contributed by atoms with Gasteiger partial charge in [-0.2, -0.15) is 0 Å². The maximum atomic E-state index is 2.35. The van der Waals surface area contributed by atoms with Crippen LogP contribution in [0.4, 0.5) is 0 Å². The third-order valence-corrected chi connectivity index (χ3v) is 3.52. The van der Waals surface area contributed by atoms with E-state index in [9.17, 15) is 0 Å². The molecule has 1 aliphatic carbocycles. The van der Waals surface area contributed by atoms with Crippen molar-refractivity contribution in [2.45, 2.75) is 32.1 Å². The molecule has 0 spiro atoms. The zero-order valence-corrected chi connectivity index (χ0v) is 7.73. The van der Waals surface area contributed by atoms with Crippen LogP contribution in [-0.4, -0.2) is 0 Å². The summed E-state index contributed by atoms with van der Waals surface area (Å²) in [6.45, 7) is 2.35. The van der Waals surface area contributed by atoms with E-state index >= 15 is 0 Å². The van der Waals surface area contributed by atoms with Crippen molar-refractivity contribution in [1.82, 2.24) is 0 Å². The molecule has 2 rings (SSSR count). The zero-order valence-electron chi connectivity index (χ0n) is 6.92. The molecule has 0 aromatic carbocycles. The quantitative estimate of drug-likeness (QED) is 0.643. The number of hydrogen-bond donors (Lipinski definition) is 0. The first-order valence-electron chi connectivity index (χ1n) is 4.39. The minimum atomic E-state index is 0.808. The van der Waals surface area contributed by atoms with Crippen LogP contribution in [0.15, 0.2) is 17.5 Å². The van der Waals surface area contributed by atoms with E-state index in [0.29, 0.717) is 0 Å². The van der Waals surface area contributed by atoms with E-state index in [1.165, 1.54) is 19.3 Å². The van der Waals surface area contributed by atoms with E-state index < -0.39 is 0 Å². The summed E-state index contributed by atoms with van der Waals surface area (Å²) >= 11 is 1.90. The Morgan fingerprint density at radius 3 is 3.00 bits per heavy atom. The molecule has 0 amide bonds. The molecule has 0 bridgehead atoms. The second kappa shape index (κ2) is 2.98. The van der Waals surface area contributed by atoms with Gasteiger partial charge in [-0.25, -0.2) is 0 Å². The molecule has 1 atom stereocenters. The van der Waals surface area contributed by atoms with Crippen molar-refractivity contribution >= 4 is 11.3 Å². The zero-order chi connectivity index (χ0) is 7.68. The van der Waals surface area contributed by atoms with Crippen molar-refractivity contribution in [3.63, 3.8) is 0 Å². The van der Waals surface area contributed by atoms with Crippen LogP contribution in [0.1, 0.15) is 37.0 Å². The van der Waals surface area contributed by atoms with Gasteiger partial charge in [-0.05, 0) is 29.7 Å². The molecule has 1 saturated carbocycles. The lowest BCUT2D eigenvalue weighted by molar-refractivity contribution is 0.627. The van der Waals surface area contributed by atoms with E-state index in [2.05, 4.69) is 24.4 Å². The van der Waals surface area contributed by atoms with Crippen LogP contribution in [0, 0.1) is 5.92 Å². The highest BCUT2D eigenvalue weighted by molar-refractivity contribution is 7.10. The third kappa shape index (κ3) is 1.84. The van der Waals surface area contributed by atoms with Crippen LogP contribution < -0.4 is 0 Å². The Labute approximate surface area is 72.3 Å². The number of rotatable bonds is 3. The average Bonchev–Trinajstić information content (AvgIpc) is 2.67. The molecule has 0 radical (unpaired) electrons. The lowest BCUT2D eigenvalue weighted by Crippen LogP contribution is -1.90. The minimum absolute atomic E-state index is 0.808. The van der Waals surface area contributed by atoms with Crippen LogP contribution in [0.3, 0.4) is 0 Å². The summed E-state index contributed by atoms with van der Waals surface area (Å²) in [5.74, 6) is 1.87. The molecule has 0 N–H and O–H groups in total. The molecule has 0 nitrogen and oxygen atoms in total. The minimum Gasteiger partial charge on any atom is -0.149 e. The fourth-order valence-corrected chi connectivity index (χ4v) is 2.34. The first kappa shape index (κ1) is 7.35. The van der Waals surface area contributed by atoms with Gasteiger partial charge in [0.2, 0.25) is 0 Å². The van der Waals surface area contributed by atoms with Crippen LogP contribution >= 0.6 is 11.3 Å². The van der Waals surface area contributed by atoms with E-state index in [1.807, 2.05) is 11.3 Å². The van der Waals surface area contributed by atoms with Crippen molar-refractivity contribution < 1.29 is 0 Å². The maximum absolute atomic E-state index is 2.35. The largest absolute Gasteiger partial charge is 0.149 e. The summed E-state index contributed by atoms with van der Waals surface area (Å²) in [5, 5.41) is 2.18. The van der Waals surface area contributed by atoms with Crippen molar-refractivity contribution in [3.05, 3.63) is 22.4 Å². The molecule has 0 aliphatic heterocycles. The molecule has 1 aromatic heterocycles. The monoisotopic (exact) mass is 166 g/mol. The highest BCUT2D eigenvalue weighted by Gasteiger charge is 2.24. The third-order valence-electron chi connectivity index (χ3n) is 2.41. The molecule has 1 heterocycles. The lowest BCUT2D eigenvalue weighted by atomic mass is 10.0. The van der Waals surface area contributed by atoms with Gasteiger partial charge in [0.15, 0.2) is 0 Å². The Morgan fingerprint density at radius 2 is 2.45 bits per heavy atom. The maximum Gasteiger partial charge on any atom is 0.00735 e. The topological polar surface area (TPSA) is 0 Å². The van der Waals surface area contributed by atoms with Crippen molar-refractivity contribution in [2.75, 3.05) is 0 Å². The van der Waals surface area contributed by atoms with Crippen LogP contribution in [-0.2, 0) is 0 Å². The second-order valence-electron chi connectivity index (χ2n) is 3.60. The molecule has 1 fully saturated rings. The van der Waals surface area contributed by atoms with Gasteiger partial charge in [0.1, 0.15) is 0 Å². The Kier molecular flexibility index (Phi) is 1.99. The van der Waals surface area contributed by atoms with Crippen molar-refractivity contribution in [2.24, 2.45) is 5.92 Å². The Bertz CT molecular complexity index is 209. The Hall–Kier alpha value is -0.300. The van der Waals surface area contributed by atoms with Gasteiger partial charge >= 0.3 is 0 Å². The summed E-state index contributed by atoms with van der Waals surface area (Å²) in [5.41, 5.74) is 0. The molecule has 1 aliphatic rings. The fourth-order valence-electron chi connectivity index (χ4n) is 1.54. The van der Waals surface area contributed by atoms with Gasteiger partial charge in [0.25, 0.3) is 0 Å². The van der Waals surface area contributed by atoms with E-state index in [1.54, 1.807) is 4.88 Å². The predicted octanol–water partition coefficient (Wildman–Crippen LogP) is 3.65. The Morgan fingerprint density at radius 1 is 1.64 bits per heavy atom. The molecule has 0 saturated heterocycles. The second-order valence-corrected chi connectivity index (χ2v) is 4.57. The van der Waals surface area contributed by atoms with Crippen molar-refractivity contribution in [3.8, 4) is 0 Å². The Balaban J connectivity index is 1.93. The average molecular weight is 166 g/mol. The van der Waals surface area contributed by atoms with Crippen LogP contribution in [0.5, 0.6) is 0 Å². The van der Waals surface area contributed by atoms with Gasteiger partial charge in [-0.1, -0.05) is 25.8 Å². The van der Waals surface area contributed by atoms with E-state index in [-0.39, 0.29) is 0 Å². The SMILES string of the molecule is CC(CC1CC1)c1cccs1. The highest BCUT2D eigenvalue weighted by atomic mass is 32.1. The van der Waals surface area contributed by atoms with E-state index in [0.717, 1.165) is 11.8 Å². The van der Waals surface area contributed by atoms with Gasteiger partial charge in [0.05, 0.1) is 0 Å². The van der Waals surface area contributed by atoms with Crippen LogP contribution in [0.2, 0.25) is 0 Å². The van der Waals surface area contributed by atoms with E-state index in [4.69, 9.17) is 0 Å². The molecule has 60 valence electrons.